The third-order valence-electron chi connectivity index (χ3n) is 3.58. The molecule has 25 heavy (non-hydrogen) atoms. The fourth-order valence-electron chi connectivity index (χ4n) is 2.29. The second-order valence-corrected chi connectivity index (χ2v) is 5.74. The number of aryl methyl sites for hydroxylation is 1. The average Bonchev–Trinajstić information content (AvgIpc) is 2.63. The molecule has 0 fully saturated rings. The smallest absolute Gasteiger partial charge is 0.251 e. The number of hydrogen-bond donors (Lipinski definition) is 2. The van der Waals surface area contributed by atoms with E-state index in [1.54, 1.807) is 12.1 Å². The molecule has 0 saturated carbocycles. The van der Waals surface area contributed by atoms with Crippen molar-refractivity contribution < 1.29 is 14.3 Å². The highest BCUT2D eigenvalue weighted by Gasteiger charge is 2.04. The SMILES string of the molecule is Cc1cccc(OCCCC(=O)NCCNC(=O)c2ccccc2)c1. The minimum atomic E-state index is -0.138. The molecule has 0 saturated heterocycles. The highest BCUT2D eigenvalue weighted by molar-refractivity contribution is 5.94. The summed E-state index contributed by atoms with van der Waals surface area (Å²) in [7, 11) is 0. The van der Waals surface area contributed by atoms with Gasteiger partial charge >= 0.3 is 0 Å². The first-order valence-electron chi connectivity index (χ1n) is 8.44. The van der Waals surface area contributed by atoms with Gasteiger partial charge in [-0.15, -0.1) is 0 Å². The molecule has 0 atom stereocenters. The summed E-state index contributed by atoms with van der Waals surface area (Å²) < 4.78 is 5.61. The molecule has 132 valence electrons. The first-order valence-corrected chi connectivity index (χ1v) is 8.44. The van der Waals surface area contributed by atoms with E-state index in [4.69, 9.17) is 4.74 Å². The van der Waals surface area contributed by atoms with E-state index in [9.17, 15) is 9.59 Å². The lowest BCUT2D eigenvalue weighted by Crippen LogP contribution is -2.34. The molecule has 5 heteroatoms. The zero-order valence-corrected chi connectivity index (χ0v) is 14.5. The monoisotopic (exact) mass is 340 g/mol. The highest BCUT2D eigenvalue weighted by Crippen LogP contribution is 2.12. The van der Waals surface area contributed by atoms with Gasteiger partial charge in [-0.3, -0.25) is 9.59 Å². The quantitative estimate of drug-likeness (QED) is 0.690. The number of hydrogen-bond acceptors (Lipinski definition) is 3. The Morgan fingerprint density at radius 2 is 1.72 bits per heavy atom. The van der Waals surface area contributed by atoms with Crippen molar-refractivity contribution in [2.45, 2.75) is 19.8 Å². The Labute approximate surface area is 148 Å². The number of nitrogens with one attached hydrogen (secondary N) is 2. The van der Waals surface area contributed by atoms with Crippen LogP contribution in [0.1, 0.15) is 28.8 Å². The second kappa shape index (κ2) is 10.1. The van der Waals surface area contributed by atoms with Crippen LogP contribution in [0.3, 0.4) is 0 Å². The summed E-state index contributed by atoms with van der Waals surface area (Å²) in [5.74, 6) is 0.646. The predicted octanol–water partition coefficient (Wildman–Crippen LogP) is 2.70. The van der Waals surface area contributed by atoms with Crippen LogP contribution in [0.25, 0.3) is 0 Å². The van der Waals surface area contributed by atoms with E-state index in [-0.39, 0.29) is 11.8 Å². The number of carbonyl (C=O) groups is 2. The summed E-state index contributed by atoms with van der Waals surface area (Å²) in [6.07, 6.45) is 1.05. The predicted molar refractivity (Wildman–Crippen MR) is 97.7 cm³/mol. The van der Waals surface area contributed by atoms with E-state index in [1.807, 2.05) is 49.4 Å². The van der Waals surface area contributed by atoms with Gasteiger partial charge in [0, 0.05) is 25.1 Å². The van der Waals surface area contributed by atoms with Crippen LogP contribution in [-0.2, 0) is 4.79 Å². The summed E-state index contributed by atoms with van der Waals surface area (Å²) in [5, 5.41) is 5.56. The molecule has 0 bridgehead atoms. The summed E-state index contributed by atoms with van der Waals surface area (Å²) in [6, 6.07) is 16.8. The van der Waals surface area contributed by atoms with Crippen LogP contribution < -0.4 is 15.4 Å². The largest absolute Gasteiger partial charge is 0.494 e. The van der Waals surface area contributed by atoms with Crippen molar-refractivity contribution >= 4 is 11.8 Å². The van der Waals surface area contributed by atoms with E-state index in [1.165, 1.54) is 0 Å². The van der Waals surface area contributed by atoms with Gasteiger partial charge in [0.15, 0.2) is 0 Å². The molecule has 0 aromatic heterocycles. The van der Waals surface area contributed by atoms with Crippen molar-refractivity contribution in [3.63, 3.8) is 0 Å². The minimum absolute atomic E-state index is 0.0400. The van der Waals surface area contributed by atoms with Gasteiger partial charge in [-0.2, -0.15) is 0 Å². The lowest BCUT2D eigenvalue weighted by molar-refractivity contribution is -0.121. The fraction of sp³-hybridized carbons (Fsp3) is 0.300. The normalized spacial score (nSPS) is 10.1. The first-order chi connectivity index (χ1) is 12.1. The van der Waals surface area contributed by atoms with Gasteiger partial charge < -0.3 is 15.4 Å². The molecular weight excluding hydrogens is 316 g/mol. The van der Waals surface area contributed by atoms with Gasteiger partial charge in [-0.05, 0) is 43.2 Å². The summed E-state index contributed by atoms with van der Waals surface area (Å²) in [4.78, 5) is 23.6. The van der Waals surface area contributed by atoms with Crippen LogP contribution in [0, 0.1) is 6.92 Å². The summed E-state index contributed by atoms with van der Waals surface area (Å²) in [5.41, 5.74) is 1.76. The van der Waals surface area contributed by atoms with Gasteiger partial charge in [-0.25, -0.2) is 0 Å². The van der Waals surface area contributed by atoms with Crippen LogP contribution in [0.15, 0.2) is 54.6 Å². The van der Waals surface area contributed by atoms with Crippen LogP contribution >= 0.6 is 0 Å². The molecule has 0 aliphatic heterocycles. The lowest BCUT2D eigenvalue weighted by atomic mass is 10.2. The average molecular weight is 340 g/mol. The molecule has 2 N–H and O–H groups in total. The number of amides is 2. The van der Waals surface area contributed by atoms with Crippen LogP contribution in [0.2, 0.25) is 0 Å². The molecule has 0 spiro atoms. The summed E-state index contributed by atoms with van der Waals surface area (Å²) >= 11 is 0. The molecule has 5 nitrogen and oxygen atoms in total. The fourth-order valence-corrected chi connectivity index (χ4v) is 2.29. The van der Waals surface area contributed by atoms with Crippen molar-refractivity contribution in [1.29, 1.82) is 0 Å². The van der Waals surface area contributed by atoms with E-state index >= 15 is 0 Å². The van der Waals surface area contributed by atoms with Gasteiger partial charge in [0.2, 0.25) is 5.91 Å². The zero-order valence-electron chi connectivity index (χ0n) is 14.5. The molecule has 0 aliphatic carbocycles. The van der Waals surface area contributed by atoms with Gasteiger partial charge in [0.25, 0.3) is 5.91 Å². The Balaban J connectivity index is 1.53. The Morgan fingerprint density at radius 1 is 0.960 bits per heavy atom. The lowest BCUT2D eigenvalue weighted by Gasteiger charge is -2.08. The minimum Gasteiger partial charge on any atom is -0.494 e. The maximum Gasteiger partial charge on any atom is 0.251 e. The van der Waals surface area contributed by atoms with E-state index in [0.717, 1.165) is 11.3 Å². The molecule has 0 heterocycles. The van der Waals surface area contributed by atoms with Gasteiger partial charge in [0.1, 0.15) is 5.75 Å². The van der Waals surface area contributed by atoms with E-state index in [0.29, 0.717) is 38.1 Å². The molecule has 2 aromatic rings. The Kier molecular flexibility index (Phi) is 7.50. The van der Waals surface area contributed by atoms with Crippen molar-refractivity contribution in [3.8, 4) is 5.75 Å². The highest BCUT2D eigenvalue weighted by atomic mass is 16.5. The van der Waals surface area contributed by atoms with Crippen molar-refractivity contribution in [2.24, 2.45) is 0 Å². The van der Waals surface area contributed by atoms with Crippen molar-refractivity contribution in [3.05, 3.63) is 65.7 Å². The molecule has 0 unspecified atom stereocenters. The molecule has 2 aromatic carbocycles. The van der Waals surface area contributed by atoms with Crippen molar-refractivity contribution in [1.82, 2.24) is 10.6 Å². The van der Waals surface area contributed by atoms with Crippen molar-refractivity contribution in [2.75, 3.05) is 19.7 Å². The van der Waals surface area contributed by atoms with Crippen LogP contribution in [-0.4, -0.2) is 31.5 Å². The number of rotatable bonds is 9. The molecule has 2 amide bonds. The van der Waals surface area contributed by atoms with E-state index < -0.39 is 0 Å². The van der Waals surface area contributed by atoms with Crippen LogP contribution in [0.5, 0.6) is 5.75 Å². The zero-order chi connectivity index (χ0) is 17.9. The Morgan fingerprint density at radius 3 is 2.48 bits per heavy atom. The third kappa shape index (κ3) is 7.08. The van der Waals surface area contributed by atoms with Gasteiger partial charge in [-0.1, -0.05) is 30.3 Å². The maximum absolute atomic E-state index is 11.8. The molecular formula is C20H24N2O3. The van der Waals surface area contributed by atoms with Crippen LogP contribution in [0.4, 0.5) is 0 Å². The Hall–Kier alpha value is -2.82. The molecule has 0 aliphatic rings. The third-order valence-corrected chi connectivity index (χ3v) is 3.58. The standard InChI is InChI=1S/C20H24N2O3/c1-16-7-5-10-18(15-16)25-14-6-11-19(23)21-12-13-22-20(24)17-8-3-2-4-9-17/h2-5,7-10,15H,6,11-14H2,1H3,(H,21,23)(H,22,24). The number of benzene rings is 2. The topological polar surface area (TPSA) is 67.4 Å². The van der Waals surface area contributed by atoms with E-state index in [2.05, 4.69) is 10.6 Å². The summed E-state index contributed by atoms with van der Waals surface area (Å²) in [6.45, 7) is 3.33. The second-order valence-electron chi connectivity index (χ2n) is 5.74. The molecule has 2 rings (SSSR count). The first kappa shape index (κ1) is 18.5. The number of carbonyl (C=O) groups excluding carboxylic acids is 2. The maximum atomic E-state index is 11.8. The molecule has 0 radical (unpaired) electrons. The van der Waals surface area contributed by atoms with Gasteiger partial charge in [0.05, 0.1) is 6.61 Å². The number of ether oxygens (including phenoxy) is 1. The Bertz CT molecular complexity index is 686.